The fourth-order valence-corrected chi connectivity index (χ4v) is 2.20. The summed E-state index contributed by atoms with van der Waals surface area (Å²) < 4.78 is 21.5. The van der Waals surface area contributed by atoms with E-state index >= 15 is 0 Å². The van der Waals surface area contributed by atoms with Gasteiger partial charge in [0, 0.05) is 12.2 Å². The summed E-state index contributed by atoms with van der Waals surface area (Å²) in [6.07, 6.45) is -2.63. The molecule has 17 heavy (non-hydrogen) atoms. The first-order valence-corrected chi connectivity index (χ1v) is 5.82. The molecule has 0 spiro atoms. The van der Waals surface area contributed by atoms with Crippen molar-refractivity contribution in [2.24, 2.45) is 0 Å². The molecule has 7 heteroatoms. The molecule has 0 radical (unpaired) electrons. The van der Waals surface area contributed by atoms with E-state index in [0.717, 1.165) is 0 Å². The Bertz CT molecular complexity index is 307. The number of rotatable bonds is 3. The van der Waals surface area contributed by atoms with Gasteiger partial charge in [-0.15, -0.1) is 0 Å². The molecule has 2 heterocycles. The SMILES string of the molecule is CC1(C)OC(C(O)CO)C(C2COC(=S)O2)O1. The fourth-order valence-electron chi connectivity index (χ4n) is 2.01. The zero-order chi connectivity index (χ0) is 12.6. The van der Waals surface area contributed by atoms with Crippen LogP contribution in [0.5, 0.6) is 0 Å². The highest BCUT2D eigenvalue weighted by atomic mass is 32.1. The highest BCUT2D eigenvalue weighted by molar-refractivity contribution is 7.79. The summed E-state index contributed by atoms with van der Waals surface area (Å²) in [5.74, 6) is -0.834. The third-order valence-corrected chi connectivity index (χ3v) is 2.92. The lowest BCUT2D eigenvalue weighted by atomic mass is 10.0. The van der Waals surface area contributed by atoms with Crippen LogP contribution in [-0.2, 0) is 18.9 Å². The van der Waals surface area contributed by atoms with Gasteiger partial charge in [-0.3, -0.25) is 0 Å². The lowest BCUT2D eigenvalue weighted by Gasteiger charge is -2.23. The summed E-state index contributed by atoms with van der Waals surface area (Å²) in [6.45, 7) is 3.33. The molecule has 0 amide bonds. The van der Waals surface area contributed by atoms with Gasteiger partial charge in [0.2, 0.25) is 0 Å². The molecule has 2 aliphatic heterocycles. The first-order valence-electron chi connectivity index (χ1n) is 5.41. The third-order valence-electron chi connectivity index (χ3n) is 2.71. The van der Waals surface area contributed by atoms with Crippen molar-refractivity contribution in [3.8, 4) is 0 Å². The lowest BCUT2D eigenvalue weighted by molar-refractivity contribution is -0.160. The lowest BCUT2D eigenvalue weighted by Crippen LogP contribution is -2.44. The summed E-state index contributed by atoms with van der Waals surface area (Å²) in [6, 6.07) is 0. The molecule has 6 nitrogen and oxygen atoms in total. The molecule has 0 aromatic carbocycles. The topological polar surface area (TPSA) is 77.4 Å². The Morgan fingerprint density at radius 1 is 1.47 bits per heavy atom. The van der Waals surface area contributed by atoms with Gasteiger partial charge in [0.15, 0.2) is 11.9 Å². The predicted octanol–water partition coefficient (Wildman–Crippen LogP) is -0.440. The summed E-state index contributed by atoms with van der Waals surface area (Å²) in [5, 5.41) is 18.8. The minimum absolute atomic E-state index is 0.0699. The molecule has 2 fully saturated rings. The van der Waals surface area contributed by atoms with Gasteiger partial charge in [-0.25, -0.2) is 0 Å². The quantitative estimate of drug-likeness (QED) is 0.669. The van der Waals surface area contributed by atoms with Gasteiger partial charge in [-0.05, 0) is 13.8 Å². The van der Waals surface area contributed by atoms with Crippen molar-refractivity contribution < 1.29 is 29.2 Å². The van der Waals surface area contributed by atoms with Crippen molar-refractivity contribution >= 4 is 17.5 Å². The maximum absolute atomic E-state index is 9.70. The average Bonchev–Trinajstić information content (AvgIpc) is 2.80. The monoisotopic (exact) mass is 264 g/mol. The van der Waals surface area contributed by atoms with Crippen LogP contribution in [0.4, 0.5) is 0 Å². The Balaban J connectivity index is 2.10. The number of thiocarbonyl (C=S) groups is 1. The van der Waals surface area contributed by atoms with E-state index in [1.165, 1.54) is 0 Å². The van der Waals surface area contributed by atoms with E-state index < -0.39 is 36.8 Å². The van der Waals surface area contributed by atoms with E-state index in [4.69, 9.17) is 36.3 Å². The Labute approximate surface area is 104 Å². The molecule has 0 aromatic heterocycles. The highest BCUT2D eigenvalue weighted by Crippen LogP contribution is 2.34. The Kier molecular flexibility index (Phi) is 3.55. The number of aliphatic hydroxyl groups excluding tert-OH is 2. The molecule has 4 unspecified atom stereocenters. The smallest absolute Gasteiger partial charge is 0.352 e. The van der Waals surface area contributed by atoms with Crippen molar-refractivity contribution in [1.82, 2.24) is 0 Å². The van der Waals surface area contributed by atoms with E-state index in [-0.39, 0.29) is 11.8 Å². The van der Waals surface area contributed by atoms with Crippen LogP contribution in [0.2, 0.25) is 0 Å². The van der Waals surface area contributed by atoms with Gasteiger partial charge < -0.3 is 29.2 Å². The molecule has 98 valence electrons. The van der Waals surface area contributed by atoms with Gasteiger partial charge in [0.05, 0.1) is 6.61 Å². The second-order valence-electron chi connectivity index (χ2n) is 4.53. The minimum Gasteiger partial charge on any atom is -0.453 e. The molecule has 0 aliphatic carbocycles. The molecule has 2 N–H and O–H groups in total. The zero-order valence-electron chi connectivity index (χ0n) is 9.66. The van der Waals surface area contributed by atoms with E-state index in [2.05, 4.69) is 0 Å². The molecular formula is C10H16O6S. The van der Waals surface area contributed by atoms with Gasteiger partial charge >= 0.3 is 5.24 Å². The second kappa shape index (κ2) is 4.66. The summed E-state index contributed by atoms with van der Waals surface area (Å²) in [4.78, 5) is 0. The number of hydrogen-bond donors (Lipinski definition) is 2. The number of aliphatic hydroxyl groups is 2. The zero-order valence-corrected chi connectivity index (χ0v) is 10.5. The van der Waals surface area contributed by atoms with Crippen LogP contribution in [0.15, 0.2) is 0 Å². The second-order valence-corrected chi connectivity index (χ2v) is 4.87. The maximum Gasteiger partial charge on any atom is 0.352 e. The average molecular weight is 264 g/mol. The number of hydrogen-bond acceptors (Lipinski definition) is 7. The normalized spacial score (nSPS) is 37.6. The molecule has 2 saturated heterocycles. The van der Waals surface area contributed by atoms with Crippen LogP contribution in [0, 0.1) is 0 Å². The van der Waals surface area contributed by atoms with Gasteiger partial charge in [0.1, 0.15) is 24.9 Å². The van der Waals surface area contributed by atoms with Crippen molar-refractivity contribution in [2.75, 3.05) is 13.2 Å². The third kappa shape index (κ3) is 2.69. The van der Waals surface area contributed by atoms with Gasteiger partial charge in [-0.1, -0.05) is 0 Å². The maximum atomic E-state index is 9.70. The molecule has 2 rings (SSSR count). The van der Waals surface area contributed by atoms with Crippen molar-refractivity contribution in [1.29, 1.82) is 0 Å². The van der Waals surface area contributed by atoms with E-state index in [9.17, 15) is 5.11 Å². The minimum atomic E-state index is -1.03. The Hall–Kier alpha value is -0.470. The summed E-state index contributed by atoms with van der Waals surface area (Å²) in [5.41, 5.74) is 0. The summed E-state index contributed by atoms with van der Waals surface area (Å²) in [7, 11) is 0. The summed E-state index contributed by atoms with van der Waals surface area (Å²) >= 11 is 4.77. The largest absolute Gasteiger partial charge is 0.453 e. The Morgan fingerprint density at radius 2 is 2.18 bits per heavy atom. The molecule has 2 aliphatic rings. The van der Waals surface area contributed by atoms with Crippen LogP contribution in [0.25, 0.3) is 0 Å². The van der Waals surface area contributed by atoms with Crippen LogP contribution in [0.1, 0.15) is 13.8 Å². The fraction of sp³-hybridized carbons (Fsp3) is 0.900. The van der Waals surface area contributed by atoms with Crippen molar-refractivity contribution in [2.45, 2.75) is 44.1 Å². The first-order chi connectivity index (χ1) is 7.93. The molecule has 4 atom stereocenters. The van der Waals surface area contributed by atoms with Crippen molar-refractivity contribution in [3.63, 3.8) is 0 Å². The van der Waals surface area contributed by atoms with Gasteiger partial charge in [0.25, 0.3) is 0 Å². The van der Waals surface area contributed by atoms with E-state index in [0.29, 0.717) is 0 Å². The standard InChI is InChI=1S/C10H16O6S/c1-10(2)15-7(5(12)3-11)8(16-10)6-4-13-9(17)14-6/h5-8,11-12H,3-4H2,1-2H3. The molecule has 0 aromatic rings. The van der Waals surface area contributed by atoms with Crippen LogP contribution < -0.4 is 0 Å². The van der Waals surface area contributed by atoms with Gasteiger partial charge in [-0.2, -0.15) is 0 Å². The van der Waals surface area contributed by atoms with E-state index in [1.54, 1.807) is 13.8 Å². The van der Waals surface area contributed by atoms with E-state index in [1.807, 2.05) is 0 Å². The predicted molar refractivity (Wildman–Crippen MR) is 60.3 cm³/mol. The van der Waals surface area contributed by atoms with Crippen LogP contribution in [0.3, 0.4) is 0 Å². The Morgan fingerprint density at radius 3 is 2.71 bits per heavy atom. The molecule has 0 bridgehead atoms. The first kappa shape index (κ1) is 13.0. The number of ether oxygens (including phenoxy) is 4. The van der Waals surface area contributed by atoms with Crippen LogP contribution in [-0.4, -0.2) is 58.9 Å². The molecular weight excluding hydrogens is 248 g/mol. The molecule has 0 saturated carbocycles. The van der Waals surface area contributed by atoms with Crippen LogP contribution >= 0.6 is 12.2 Å². The van der Waals surface area contributed by atoms with Crippen molar-refractivity contribution in [3.05, 3.63) is 0 Å². The highest BCUT2D eigenvalue weighted by Gasteiger charge is 2.50.